The molecule has 0 aliphatic carbocycles. The number of nitrogens with zero attached hydrogens (tertiary/aromatic N) is 1. The summed E-state index contributed by atoms with van der Waals surface area (Å²) in [7, 11) is -3.89. The quantitative estimate of drug-likeness (QED) is 0.442. The first-order chi connectivity index (χ1) is 9.29. The zero-order chi connectivity index (χ0) is 14.9. The van der Waals surface area contributed by atoms with E-state index in [1.807, 2.05) is 28.7 Å². The van der Waals surface area contributed by atoms with Gasteiger partial charge in [0.05, 0.1) is 4.92 Å². The molecule has 2 aromatic rings. The standard InChI is InChI=1S/C10H6ClIN2O4S2/c11-10-8(14(15)16)5-9(19-10)20(17,18)13-7-3-1-2-6(12)4-7/h1-5,13H. The number of nitrogens with one attached hydrogen (secondary N) is 1. The first-order valence-corrected chi connectivity index (χ1v) is 8.77. The van der Waals surface area contributed by atoms with E-state index in [2.05, 4.69) is 4.72 Å². The third-order valence-corrected chi connectivity index (χ3v) is 6.05. The molecule has 20 heavy (non-hydrogen) atoms. The fourth-order valence-electron chi connectivity index (χ4n) is 1.35. The predicted octanol–water partition coefficient (Wildman–Crippen LogP) is 3.72. The van der Waals surface area contributed by atoms with Gasteiger partial charge >= 0.3 is 0 Å². The molecule has 0 fully saturated rings. The third kappa shape index (κ3) is 3.40. The van der Waals surface area contributed by atoms with Crippen LogP contribution in [0.2, 0.25) is 4.34 Å². The van der Waals surface area contributed by atoms with Crippen LogP contribution in [0.15, 0.2) is 34.5 Å². The molecular formula is C10H6ClIN2O4S2. The van der Waals surface area contributed by atoms with E-state index in [1.165, 1.54) is 0 Å². The number of hydrogen-bond donors (Lipinski definition) is 1. The molecule has 1 aromatic carbocycles. The Hall–Kier alpha value is -0.910. The van der Waals surface area contributed by atoms with Gasteiger partial charge in [0.25, 0.3) is 15.7 Å². The van der Waals surface area contributed by atoms with Crippen LogP contribution in [0.3, 0.4) is 0 Å². The average molecular weight is 445 g/mol. The average Bonchev–Trinajstić information content (AvgIpc) is 2.71. The number of thiophene rings is 1. The highest BCUT2D eigenvalue weighted by Crippen LogP contribution is 2.36. The van der Waals surface area contributed by atoms with Gasteiger partial charge in [0.15, 0.2) is 4.34 Å². The van der Waals surface area contributed by atoms with Crippen molar-refractivity contribution in [2.24, 2.45) is 0 Å². The van der Waals surface area contributed by atoms with Gasteiger partial charge in [-0.2, -0.15) is 0 Å². The van der Waals surface area contributed by atoms with Gasteiger partial charge in [0.1, 0.15) is 4.21 Å². The second-order valence-corrected chi connectivity index (χ2v) is 8.41. The van der Waals surface area contributed by atoms with Crippen LogP contribution in [0.25, 0.3) is 0 Å². The molecule has 1 N–H and O–H groups in total. The van der Waals surface area contributed by atoms with Gasteiger partial charge < -0.3 is 0 Å². The second kappa shape index (κ2) is 5.84. The Morgan fingerprint density at radius 2 is 2.05 bits per heavy atom. The fourth-order valence-corrected chi connectivity index (χ4v) is 4.61. The largest absolute Gasteiger partial charge is 0.300 e. The lowest BCUT2D eigenvalue weighted by atomic mass is 10.3. The summed E-state index contributed by atoms with van der Waals surface area (Å²) in [6.07, 6.45) is 0. The molecule has 1 aromatic heterocycles. The van der Waals surface area contributed by atoms with E-state index in [4.69, 9.17) is 11.6 Å². The first-order valence-electron chi connectivity index (χ1n) is 5.02. The molecule has 0 saturated heterocycles. The number of hydrogen-bond acceptors (Lipinski definition) is 5. The smallest absolute Gasteiger partial charge is 0.279 e. The number of halogens is 2. The monoisotopic (exact) mass is 444 g/mol. The van der Waals surface area contributed by atoms with E-state index in [-0.39, 0.29) is 8.55 Å². The highest BCUT2D eigenvalue weighted by molar-refractivity contribution is 14.1. The Bertz CT molecular complexity index is 775. The maximum atomic E-state index is 12.1. The molecule has 1 heterocycles. The van der Waals surface area contributed by atoms with Crippen molar-refractivity contribution in [3.8, 4) is 0 Å². The molecule has 0 aliphatic rings. The molecule has 10 heteroatoms. The first kappa shape index (κ1) is 15.5. The van der Waals surface area contributed by atoms with Crippen LogP contribution >= 0.6 is 45.5 Å². The van der Waals surface area contributed by atoms with Crippen molar-refractivity contribution in [1.82, 2.24) is 0 Å². The van der Waals surface area contributed by atoms with Crippen LogP contribution in [0.1, 0.15) is 0 Å². The highest BCUT2D eigenvalue weighted by atomic mass is 127. The molecule has 0 amide bonds. The van der Waals surface area contributed by atoms with E-state index < -0.39 is 20.6 Å². The van der Waals surface area contributed by atoms with Crippen molar-refractivity contribution < 1.29 is 13.3 Å². The maximum Gasteiger partial charge on any atom is 0.300 e. The number of rotatable bonds is 4. The fraction of sp³-hybridized carbons (Fsp3) is 0. The maximum absolute atomic E-state index is 12.1. The lowest BCUT2D eigenvalue weighted by Crippen LogP contribution is -2.11. The molecule has 0 bridgehead atoms. The molecule has 0 aliphatic heterocycles. The Labute approximate surface area is 137 Å². The van der Waals surface area contributed by atoms with Crippen LogP contribution in [-0.2, 0) is 10.0 Å². The van der Waals surface area contributed by atoms with Crippen molar-refractivity contribution in [1.29, 1.82) is 0 Å². The van der Waals surface area contributed by atoms with Crippen molar-refractivity contribution in [3.05, 3.63) is 48.4 Å². The molecule has 2 rings (SSSR count). The highest BCUT2D eigenvalue weighted by Gasteiger charge is 2.25. The van der Waals surface area contributed by atoms with Gasteiger partial charge in [0.2, 0.25) is 0 Å². The molecule has 0 radical (unpaired) electrons. The van der Waals surface area contributed by atoms with Crippen molar-refractivity contribution in [2.75, 3.05) is 4.72 Å². The van der Waals surface area contributed by atoms with Crippen LogP contribution in [-0.4, -0.2) is 13.3 Å². The van der Waals surface area contributed by atoms with Crippen LogP contribution < -0.4 is 4.72 Å². The van der Waals surface area contributed by atoms with E-state index in [9.17, 15) is 18.5 Å². The van der Waals surface area contributed by atoms with Gasteiger partial charge in [-0.25, -0.2) is 8.42 Å². The van der Waals surface area contributed by atoms with Gasteiger partial charge in [-0.15, -0.1) is 11.3 Å². The Balaban J connectivity index is 2.36. The Morgan fingerprint density at radius 3 is 2.60 bits per heavy atom. The lowest BCUT2D eigenvalue weighted by Gasteiger charge is -2.05. The molecule has 0 saturated carbocycles. The minimum Gasteiger partial charge on any atom is -0.279 e. The summed E-state index contributed by atoms with van der Waals surface area (Å²) in [5, 5.41) is 10.7. The SMILES string of the molecule is O=[N+]([O-])c1cc(S(=O)(=O)Nc2cccc(I)c2)sc1Cl. The molecule has 6 nitrogen and oxygen atoms in total. The number of sulfonamides is 1. The van der Waals surface area contributed by atoms with E-state index in [1.54, 1.807) is 18.2 Å². The summed E-state index contributed by atoms with van der Waals surface area (Å²) in [5.41, 5.74) is -0.0382. The molecular weight excluding hydrogens is 439 g/mol. The molecule has 0 spiro atoms. The summed E-state index contributed by atoms with van der Waals surface area (Å²) in [4.78, 5) is 9.96. The Morgan fingerprint density at radius 1 is 1.35 bits per heavy atom. The topological polar surface area (TPSA) is 89.3 Å². The molecule has 0 unspecified atom stereocenters. The van der Waals surface area contributed by atoms with Gasteiger partial charge in [0, 0.05) is 15.3 Å². The van der Waals surface area contributed by atoms with Crippen molar-refractivity contribution in [3.63, 3.8) is 0 Å². The summed E-state index contributed by atoms with van der Waals surface area (Å²) in [6, 6.07) is 7.68. The number of nitro groups is 1. The minimum atomic E-state index is -3.89. The zero-order valence-electron chi connectivity index (χ0n) is 9.54. The van der Waals surface area contributed by atoms with Gasteiger partial charge in [-0.05, 0) is 40.8 Å². The predicted molar refractivity (Wildman–Crippen MR) is 86.0 cm³/mol. The number of anilines is 1. The normalized spacial score (nSPS) is 11.3. The van der Waals surface area contributed by atoms with Crippen molar-refractivity contribution in [2.45, 2.75) is 4.21 Å². The van der Waals surface area contributed by atoms with Crippen LogP contribution in [0, 0.1) is 13.7 Å². The summed E-state index contributed by atoms with van der Waals surface area (Å²) in [5.74, 6) is 0. The summed E-state index contributed by atoms with van der Waals surface area (Å²) >= 11 is 8.35. The Kier molecular flexibility index (Phi) is 4.52. The molecule has 0 atom stereocenters. The third-order valence-electron chi connectivity index (χ3n) is 2.18. The molecule has 106 valence electrons. The van der Waals surface area contributed by atoms with E-state index in [0.717, 1.165) is 9.64 Å². The minimum absolute atomic E-state index is 0.169. The zero-order valence-corrected chi connectivity index (χ0v) is 14.1. The lowest BCUT2D eigenvalue weighted by molar-refractivity contribution is -0.384. The van der Waals surface area contributed by atoms with E-state index in [0.29, 0.717) is 17.0 Å². The summed E-state index contributed by atoms with van der Waals surface area (Å²) in [6.45, 7) is 0. The van der Waals surface area contributed by atoms with Crippen LogP contribution in [0.4, 0.5) is 11.4 Å². The van der Waals surface area contributed by atoms with E-state index >= 15 is 0 Å². The number of benzene rings is 1. The summed E-state index contributed by atoms with van der Waals surface area (Å²) < 4.78 is 27.1. The van der Waals surface area contributed by atoms with Gasteiger partial charge in [-0.3, -0.25) is 14.8 Å². The van der Waals surface area contributed by atoms with Crippen LogP contribution in [0.5, 0.6) is 0 Å². The second-order valence-electron chi connectivity index (χ2n) is 3.60. The van der Waals surface area contributed by atoms with Gasteiger partial charge in [-0.1, -0.05) is 17.7 Å². The van der Waals surface area contributed by atoms with Crippen molar-refractivity contribution >= 4 is 66.9 Å².